The van der Waals surface area contributed by atoms with Crippen molar-refractivity contribution in [3.63, 3.8) is 0 Å². The van der Waals surface area contributed by atoms with E-state index in [4.69, 9.17) is 11.6 Å². The fourth-order valence-electron chi connectivity index (χ4n) is 2.59. The Balaban J connectivity index is 1.58. The predicted octanol–water partition coefficient (Wildman–Crippen LogP) is 4.81. The molecular formula is C21H18ClNO3S. The van der Waals surface area contributed by atoms with Crippen LogP contribution in [0.15, 0.2) is 83.8 Å². The van der Waals surface area contributed by atoms with Crippen LogP contribution in [0.2, 0.25) is 5.02 Å². The van der Waals surface area contributed by atoms with Gasteiger partial charge in [0.25, 0.3) is 0 Å². The second-order valence-corrected chi connectivity index (χ2v) is 8.56. The quantitative estimate of drug-likeness (QED) is 0.647. The summed E-state index contributed by atoms with van der Waals surface area (Å²) < 4.78 is 24.6. The largest absolute Gasteiger partial charge is 0.326 e. The average Bonchev–Trinajstić information content (AvgIpc) is 2.68. The zero-order valence-electron chi connectivity index (χ0n) is 14.4. The smallest absolute Gasteiger partial charge is 0.225 e. The molecule has 0 saturated carbocycles. The maximum atomic E-state index is 12.3. The number of carbonyl (C=O) groups is 1. The Morgan fingerprint density at radius 1 is 0.815 bits per heavy atom. The Morgan fingerprint density at radius 2 is 1.41 bits per heavy atom. The molecule has 0 aromatic heterocycles. The molecular weight excluding hydrogens is 382 g/mol. The average molecular weight is 400 g/mol. The van der Waals surface area contributed by atoms with Crippen LogP contribution in [0.1, 0.15) is 6.42 Å². The number of nitrogens with one attached hydrogen (secondary N) is 1. The zero-order chi connectivity index (χ0) is 19.3. The van der Waals surface area contributed by atoms with Crippen LogP contribution in [0.5, 0.6) is 0 Å². The first kappa shape index (κ1) is 19.1. The first-order chi connectivity index (χ1) is 12.9. The fraction of sp³-hybridized carbons (Fsp3) is 0.0952. The van der Waals surface area contributed by atoms with Crippen molar-refractivity contribution in [2.24, 2.45) is 0 Å². The molecule has 1 N–H and O–H groups in total. The van der Waals surface area contributed by atoms with Crippen molar-refractivity contribution >= 4 is 33.0 Å². The minimum atomic E-state index is -3.53. The number of anilines is 1. The van der Waals surface area contributed by atoms with E-state index in [9.17, 15) is 13.2 Å². The summed E-state index contributed by atoms with van der Waals surface area (Å²) in [6.45, 7) is 0. The maximum absolute atomic E-state index is 12.3. The topological polar surface area (TPSA) is 63.2 Å². The van der Waals surface area contributed by atoms with Crippen molar-refractivity contribution in [2.75, 3.05) is 11.1 Å². The second kappa shape index (κ2) is 8.37. The second-order valence-electron chi connectivity index (χ2n) is 6.01. The SMILES string of the molecule is O=C(CCS(=O)(=O)c1ccc(Cl)cc1)Nc1ccc(-c2ccccc2)cc1. The minimum Gasteiger partial charge on any atom is -0.326 e. The summed E-state index contributed by atoms with van der Waals surface area (Å²) in [6.07, 6.45) is -0.120. The summed E-state index contributed by atoms with van der Waals surface area (Å²) in [5, 5.41) is 3.19. The Bertz CT molecular complexity index is 1020. The zero-order valence-corrected chi connectivity index (χ0v) is 16.0. The van der Waals surface area contributed by atoms with Gasteiger partial charge in [-0.05, 0) is 47.5 Å². The molecule has 138 valence electrons. The molecule has 0 spiro atoms. The molecule has 3 aromatic rings. The molecule has 0 aliphatic carbocycles. The highest BCUT2D eigenvalue weighted by Gasteiger charge is 2.16. The molecule has 0 aliphatic rings. The molecule has 27 heavy (non-hydrogen) atoms. The molecule has 4 nitrogen and oxygen atoms in total. The van der Waals surface area contributed by atoms with E-state index in [0.717, 1.165) is 11.1 Å². The third-order valence-corrected chi connectivity index (χ3v) is 6.03. The van der Waals surface area contributed by atoms with E-state index in [-0.39, 0.29) is 23.0 Å². The number of hydrogen-bond acceptors (Lipinski definition) is 3. The van der Waals surface area contributed by atoms with Crippen molar-refractivity contribution in [2.45, 2.75) is 11.3 Å². The fourth-order valence-corrected chi connectivity index (χ4v) is 3.95. The number of rotatable bonds is 6. The minimum absolute atomic E-state index is 0.120. The normalized spacial score (nSPS) is 11.1. The summed E-state index contributed by atoms with van der Waals surface area (Å²) in [4.78, 5) is 12.3. The van der Waals surface area contributed by atoms with Crippen LogP contribution in [0.3, 0.4) is 0 Å². The Labute approximate surface area is 163 Å². The van der Waals surface area contributed by atoms with E-state index in [1.165, 1.54) is 24.3 Å². The van der Waals surface area contributed by atoms with Gasteiger partial charge in [-0.15, -0.1) is 0 Å². The van der Waals surface area contributed by atoms with E-state index in [0.29, 0.717) is 10.7 Å². The highest BCUT2D eigenvalue weighted by Crippen LogP contribution is 2.21. The van der Waals surface area contributed by atoms with Gasteiger partial charge in [-0.2, -0.15) is 0 Å². The van der Waals surface area contributed by atoms with Crippen LogP contribution in [0, 0.1) is 0 Å². The van der Waals surface area contributed by atoms with Crippen LogP contribution < -0.4 is 5.32 Å². The lowest BCUT2D eigenvalue weighted by molar-refractivity contribution is -0.115. The molecule has 0 fully saturated rings. The lowest BCUT2D eigenvalue weighted by Gasteiger charge is -2.08. The van der Waals surface area contributed by atoms with Gasteiger partial charge < -0.3 is 5.32 Å². The third kappa shape index (κ3) is 5.18. The van der Waals surface area contributed by atoms with E-state index < -0.39 is 9.84 Å². The van der Waals surface area contributed by atoms with Gasteiger partial charge in [0.1, 0.15) is 0 Å². The third-order valence-electron chi connectivity index (χ3n) is 4.05. The van der Waals surface area contributed by atoms with Gasteiger partial charge >= 0.3 is 0 Å². The summed E-state index contributed by atoms with van der Waals surface area (Å²) in [5.74, 6) is -0.609. The van der Waals surface area contributed by atoms with Crippen molar-refractivity contribution in [3.8, 4) is 11.1 Å². The molecule has 3 rings (SSSR count). The molecule has 0 bridgehead atoms. The summed E-state index contributed by atoms with van der Waals surface area (Å²) in [6, 6.07) is 23.2. The van der Waals surface area contributed by atoms with E-state index in [1.807, 2.05) is 42.5 Å². The van der Waals surface area contributed by atoms with E-state index in [1.54, 1.807) is 12.1 Å². The van der Waals surface area contributed by atoms with Gasteiger partial charge in [-0.1, -0.05) is 54.1 Å². The molecule has 3 aromatic carbocycles. The summed E-state index contributed by atoms with van der Waals surface area (Å²) in [5.41, 5.74) is 2.76. The lowest BCUT2D eigenvalue weighted by Crippen LogP contribution is -2.17. The summed E-state index contributed by atoms with van der Waals surface area (Å²) >= 11 is 5.77. The van der Waals surface area contributed by atoms with Crippen molar-refractivity contribution in [1.29, 1.82) is 0 Å². The van der Waals surface area contributed by atoms with Gasteiger partial charge in [0.15, 0.2) is 9.84 Å². The number of benzene rings is 3. The van der Waals surface area contributed by atoms with Gasteiger partial charge in [0.05, 0.1) is 10.6 Å². The highest BCUT2D eigenvalue weighted by atomic mass is 35.5. The van der Waals surface area contributed by atoms with Gasteiger partial charge in [-0.3, -0.25) is 4.79 Å². The van der Waals surface area contributed by atoms with Crippen LogP contribution in [-0.4, -0.2) is 20.1 Å². The molecule has 0 radical (unpaired) electrons. The number of amides is 1. The monoisotopic (exact) mass is 399 g/mol. The predicted molar refractivity (Wildman–Crippen MR) is 109 cm³/mol. The molecule has 0 unspecified atom stereocenters. The number of halogens is 1. The maximum Gasteiger partial charge on any atom is 0.225 e. The van der Waals surface area contributed by atoms with E-state index in [2.05, 4.69) is 5.32 Å². The molecule has 6 heteroatoms. The summed E-state index contributed by atoms with van der Waals surface area (Å²) in [7, 11) is -3.53. The standard InChI is InChI=1S/C21H18ClNO3S/c22-18-8-12-20(13-9-18)27(25,26)15-14-21(24)23-19-10-6-17(7-11-19)16-4-2-1-3-5-16/h1-13H,14-15H2,(H,23,24). The molecule has 0 aliphatic heterocycles. The Kier molecular flexibility index (Phi) is 5.94. The molecule has 0 atom stereocenters. The highest BCUT2D eigenvalue weighted by molar-refractivity contribution is 7.91. The Hall–Kier alpha value is -2.63. The molecule has 1 amide bonds. The molecule has 0 heterocycles. The van der Waals surface area contributed by atoms with Crippen molar-refractivity contribution in [3.05, 3.63) is 83.9 Å². The number of sulfone groups is 1. The van der Waals surface area contributed by atoms with Crippen LogP contribution in [0.25, 0.3) is 11.1 Å². The van der Waals surface area contributed by atoms with Crippen molar-refractivity contribution < 1.29 is 13.2 Å². The van der Waals surface area contributed by atoms with Crippen molar-refractivity contribution in [1.82, 2.24) is 0 Å². The van der Waals surface area contributed by atoms with Crippen LogP contribution in [-0.2, 0) is 14.6 Å². The number of carbonyl (C=O) groups excluding carboxylic acids is 1. The molecule has 0 saturated heterocycles. The first-order valence-corrected chi connectivity index (χ1v) is 10.4. The van der Waals surface area contributed by atoms with Gasteiger partial charge in [-0.25, -0.2) is 8.42 Å². The first-order valence-electron chi connectivity index (χ1n) is 8.38. The lowest BCUT2D eigenvalue weighted by atomic mass is 10.1. The van der Waals surface area contributed by atoms with Crippen LogP contribution >= 0.6 is 11.6 Å². The van der Waals surface area contributed by atoms with Crippen LogP contribution in [0.4, 0.5) is 5.69 Å². The van der Waals surface area contributed by atoms with E-state index >= 15 is 0 Å². The Morgan fingerprint density at radius 3 is 2.04 bits per heavy atom. The van der Waals surface area contributed by atoms with Gasteiger partial charge in [0.2, 0.25) is 5.91 Å². The number of hydrogen-bond donors (Lipinski definition) is 1. The van der Waals surface area contributed by atoms with Gasteiger partial charge in [0, 0.05) is 17.1 Å².